The Morgan fingerprint density at radius 2 is 2.20 bits per heavy atom. The number of ether oxygens (including phenoxy) is 1. The minimum absolute atomic E-state index is 0. The zero-order valence-corrected chi connectivity index (χ0v) is 13.0. The van der Waals surface area contributed by atoms with Gasteiger partial charge in [-0.05, 0) is 43.5 Å². The number of hydrogen-bond donors (Lipinski definition) is 1. The third-order valence-corrected chi connectivity index (χ3v) is 4.41. The molecule has 0 radical (unpaired) electrons. The van der Waals surface area contributed by atoms with E-state index in [1.54, 1.807) is 0 Å². The zero-order chi connectivity index (χ0) is 13.1. The van der Waals surface area contributed by atoms with Crippen molar-refractivity contribution in [3.05, 3.63) is 29.8 Å². The summed E-state index contributed by atoms with van der Waals surface area (Å²) in [6.45, 7) is 4.54. The van der Waals surface area contributed by atoms with E-state index in [4.69, 9.17) is 4.74 Å². The standard InChI is InChI=1S/C16H24N2O.ClH/c1-19-15-9-14-6-2-3-7-16(14)18(12-15)11-13-5-4-8-17-10-13;/h2-3,6-7,13,15,17H,4-5,8-12H2,1H3;1H. The number of methoxy groups -OCH3 is 1. The molecule has 1 fully saturated rings. The molecule has 4 heteroatoms. The van der Waals surface area contributed by atoms with E-state index in [2.05, 4.69) is 34.5 Å². The smallest absolute Gasteiger partial charge is 0.0787 e. The maximum atomic E-state index is 5.61. The van der Waals surface area contributed by atoms with Crippen molar-refractivity contribution >= 4 is 18.1 Å². The zero-order valence-electron chi connectivity index (χ0n) is 12.2. The molecule has 2 aliphatic heterocycles. The first-order valence-corrected chi connectivity index (χ1v) is 7.43. The fourth-order valence-corrected chi connectivity index (χ4v) is 3.37. The molecule has 2 aliphatic rings. The average Bonchev–Trinajstić information content (AvgIpc) is 2.48. The maximum absolute atomic E-state index is 5.61. The molecule has 0 aromatic heterocycles. The van der Waals surface area contributed by atoms with Crippen LogP contribution < -0.4 is 10.2 Å². The van der Waals surface area contributed by atoms with Crippen LogP contribution in [0.1, 0.15) is 18.4 Å². The highest BCUT2D eigenvalue weighted by Crippen LogP contribution is 2.29. The summed E-state index contributed by atoms with van der Waals surface area (Å²) >= 11 is 0. The largest absolute Gasteiger partial charge is 0.379 e. The molecule has 1 aromatic carbocycles. The van der Waals surface area contributed by atoms with Gasteiger partial charge in [-0.3, -0.25) is 0 Å². The van der Waals surface area contributed by atoms with Crippen LogP contribution in [0, 0.1) is 5.92 Å². The van der Waals surface area contributed by atoms with Crippen LogP contribution in [0.25, 0.3) is 0 Å². The Morgan fingerprint density at radius 3 is 2.95 bits per heavy atom. The summed E-state index contributed by atoms with van der Waals surface area (Å²) in [4.78, 5) is 2.53. The Bertz CT molecular complexity index is 421. The number of halogens is 1. The van der Waals surface area contributed by atoms with Crippen molar-refractivity contribution in [3.63, 3.8) is 0 Å². The van der Waals surface area contributed by atoms with E-state index in [1.165, 1.54) is 30.6 Å². The SMILES string of the molecule is COC1Cc2ccccc2N(CC2CCCNC2)C1.Cl. The molecule has 0 aliphatic carbocycles. The second-order valence-corrected chi connectivity index (χ2v) is 5.81. The Kier molecular flexibility index (Phi) is 5.70. The number of rotatable bonds is 3. The van der Waals surface area contributed by atoms with Crippen LogP contribution in [-0.2, 0) is 11.2 Å². The number of benzene rings is 1. The van der Waals surface area contributed by atoms with E-state index in [9.17, 15) is 0 Å². The monoisotopic (exact) mass is 296 g/mol. The highest BCUT2D eigenvalue weighted by molar-refractivity contribution is 5.85. The molecular weight excluding hydrogens is 272 g/mol. The lowest BCUT2D eigenvalue weighted by molar-refractivity contribution is 0.103. The van der Waals surface area contributed by atoms with Crippen LogP contribution in [-0.4, -0.2) is 39.4 Å². The van der Waals surface area contributed by atoms with Gasteiger partial charge < -0.3 is 15.0 Å². The van der Waals surface area contributed by atoms with Gasteiger partial charge in [-0.25, -0.2) is 0 Å². The number of hydrogen-bond acceptors (Lipinski definition) is 3. The lowest BCUT2D eigenvalue weighted by Crippen LogP contribution is -2.44. The molecule has 0 spiro atoms. The van der Waals surface area contributed by atoms with Crippen molar-refractivity contribution in [3.8, 4) is 0 Å². The summed E-state index contributed by atoms with van der Waals surface area (Å²) in [5, 5.41) is 3.52. The van der Waals surface area contributed by atoms with Crippen molar-refractivity contribution in [1.29, 1.82) is 0 Å². The first-order chi connectivity index (χ1) is 9.36. The Balaban J connectivity index is 0.00000147. The molecule has 20 heavy (non-hydrogen) atoms. The van der Waals surface area contributed by atoms with Crippen molar-refractivity contribution in [2.45, 2.75) is 25.4 Å². The highest BCUT2D eigenvalue weighted by atomic mass is 35.5. The minimum Gasteiger partial charge on any atom is -0.379 e. The van der Waals surface area contributed by atoms with Crippen LogP contribution in [0.5, 0.6) is 0 Å². The van der Waals surface area contributed by atoms with Gasteiger partial charge in [0.2, 0.25) is 0 Å². The topological polar surface area (TPSA) is 24.5 Å². The van der Waals surface area contributed by atoms with Gasteiger partial charge in [0.1, 0.15) is 0 Å². The lowest BCUT2D eigenvalue weighted by atomic mass is 9.95. The molecule has 2 atom stereocenters. The minimum atomic E-state index is 0. The molecular formula is C16H25ClN2O. The number of nitrogens with zero attached hydrogens (tertiary/aromatic N) is 1. The van der Waals surface area contributed by atoms with E-state index < -0.39 is 0 Å². The quantitative estimate of drug-likeness (QED) is 0.927. The predicted octanol–water partition coefficient (Wildman–Crippen LogP) is 2.49. The van der Waals surface area contributed by atoms with Crippen LogP contribution in [0.3, 0.4) is 0 Å². The van der Waals surface area contributed by atoms with Gasteiger partial charge >= 0.3 is 0 Å². The fourth-order valence-electron chi connectivity index (χ4n) is 3.37. The van der Waals surface area contributed by atoms with E-state index in [0.717, 1.165) is 32.0 Å². The molecule has 3 rings (SSSR count). The summed E-state index contributed by atoms with van der Waals surface area (Å²) in [5.74, 6) is 0.775. The Morgan fingerprint density at radius 1 is 1.35 bits per heavy atom. The molecule has 0 amide bonds. The molecule has 112 valence electrons. The molecule has 2 heterocycles. The molecule has 3 nitrogen and oxygen atoms in total. The molecule has 1 saturated heterocycles. The van der Waals surface area contributed by atoms with Gasteiger partial charge in [0.25, 0.3) is 0 Å². The van der Waals surface area contributed by atoms with Crippen LogP contribution in [0.4, 0.5) is 5.69 Å². The van der Waals surface area contributed by atoms with Gasteiger partial charge in [0.05, 0.1) is 6.10 Å². The van der Waals surface area contributed by atoms with Gasteiger partial charge in [-0.15, -0.1) is 12.4 Å². The summed E-state index contributed by atoms with van der Waals surface area (Å²) < 4.78 is 5.61. The summed E-state index contributed by atoms with van der Waals surface area (Å²) in [6.07, 6.45) is 4.05. The number of anilines is 1. The molecule has 1 N–H and O–H groups in total. The van der Waals surface area contributed by atoms with Crippen LogP contribution in [0.15, 0.2) is 24.3 Å². The first-order valence-electron chi connectivity index (χ1n) is 7.43. The molecule has 0 bridgehead atoms. The summed E-state index contributed by atoms with van der Waals surface area (Å²) in [6, 6.07) is 8.79. The number of para-hydroxylation sites is 1. The van der Waals surface area contributed by atoms with Crippen molar-refractivity contribution in [1.82, 2.24) is 5.32 Å². The van der Waals surface area contributed by atoms with E-state index in [0.29, 0.717) is 6.10 Å². The van der Waals surface area contributed by atoms with Crippen molar-refractivity contribution in [2.24, 2.45) is 5.92 Å². The lowest BCUT2D eigenvalue weighted by Gasteiger charge is -2.38. The Hall–Kier alpha value is -0.770. The Labute approximate surface area is 128 Å². The molecule has 1 aromatic rings. The third kappa shape index (κ3) is 3.46. The second-order valence-electron chi connectivity index (χ2n) is 5.81. The summed E-state index contributed by atoms with van der Waals surface area (Å²) in [7, 11) is 1.83. The van der Waals surface area contributed by atoms with E-state index >= 15 is 0 Å². The van der Waals surface area contributed by atoms with Crippen LogP contribution in [0.2, 0.25) is 0 Å². The maximum Gasteiger partial charge on any atom is 0.0787 e. The number of nitrogens with one attached hydrogen (secondary N) is 1. The highest BCUT2D eigenvalue weighted by Gasteiger charge is 2.26. The first kappa shape index (κ1) is 15.6. The molecule has 0 saturated carbocycles. The van der Waals surface area contributed by atoms with Gasteiger partial charge in [0.15, 0.2) is 0 Å². The van der Waals surface area contributed by atoms with E-state index in [1.807, 2.05) is 7.11 Å². The average molecular weight is 297 g/mol. The number of piperidine rings is 1. The molecule has 2 unspecified atom stereocenters. The van der Waals surface area contributed by atoms with Crippen molar-refractivity contribution in [2.75, 3.05) is 38.2 Å². The van der Waals surface area contributed by atoms with Gasteiger partial charge in [-0.2, -0.15) is 0 Å². The van der Waals surface area contributed by atoms with E-state index in [-0.39, 0.29) is 12.4 Å². The fraction of sp³-hybridized carbons (Fsp3) is 0.625. The van der Waals surface area contributed by atoms with Crippen molar-refractivity contribution < 1.29 is 4.74 Å². The van der Waals surface area contributed by atoms with Crippen LogP contribution >= 0.6 is 12.4 Å². The number of fused-ring (bicyclic) bond motifs is 1. The van der Waals surface area contributed by atoms with Gasteiger partial charge in [-0.1, -0.05) is 18.2 Å². The predicted molar refractivity (Wildman–Crippen MR) is 86.0 cm³/mol. The summed E-state index contributed by atoms with van der Waals surface area (Å²) in [5.41, 5.74) is 2.85. The second kappa shape index (κ2) is 7.30. The third-order valence-electron chi connectivity index (χ3n) is 4.41. The van der Waals surface area contributed by atoms with Gasteiger partial charge in [0, 0.05) is 32.3 Å². The normalized spacial score (nSPS) is 25.8.